The minimum Gasteiger partial charge on any atom is -0.388 e. The molecule has 0 amide bonds. The highest BCUT2D eigenvalue weighted by Gasteiger charge is 2.36. The summed E-state index contributed by atoms with van der Waals surface area (Å²) in [7, 11) is -3.17. The molecule has 1 aromatic carbocycles. The number of hydrogen-bond donors (Lipinski definition) is 2. The number of nitrogens with zero attached hydrogens (tertiary/aromatic N) is 1. The second-order valence-corrected chi connectivity index (χ2v) is 8.61. The lowest BCUT2D eigenvalue weighted by atomic mass is 10.0. The number of hydrogen-bond acceptors (Lipinski definition) is 5. The highest BCUT2D eigenvalue weighted by molar-refractivity contribution is 8.00. The van der Waals surface area contributed by atoms with Crippen molar-refractivity contribution in [3.63, 3.8) is 0 Å². The Balaban J connectivity index is 2.36. The molecule has 116 valence electrons. The Bertz CT molecular complexity index is 589. The standard InChI is InChI=1S/C14H21N3O2S2/c1-21(18,19)14-10-20-8-7-17(14)12(9-13(15)16)11-5-3-2-4-6-11/h2-6,12,14H,7-10H2,1H3,(H3,15,16). The first-order valence-corrected chi connectivity index (χ1v) is 9.90. The molecule has 0 spiro atoms. The molecular formula is C14H21N3O2S2. The van der Waals surface area contributed by atoms with Crippen LogP contribution in [0, 0.1) is 5.41 Å². The SMILES string of the molecule is CS(=O)(=O)C1CSCCN1C(CC(=N)N)c1ccccc1. The van der Waals surface area contributed by atoms with Gasteiger partial charge in [-0.3, -0.25) is 10.3 Å². The Morgan fingerprint density at radius 2 is 2.14 bits per heavy atom. The first kappa shape index (κ1) is 16.3. The van der Waals surface area contributed by atoms with Crippen molar-refractivity contribution < 1.29 is 8.42 Å². The molecule has 2 unspecified atom stereocenters. The summed E-state index contributed by atoms with van der Waals surface area (Å²) in [5.41, 5.74) is 6.60. The third kappa shape index (κ3) is 4.21. The predicted octanol–water partition coefficient (Wildman–Crippen LogP) is 1.47. The van der Waals surface area contributed by atoms with E-state index in [1.54, 1.807) is 11.8 Å². The van der Waals surface area contributed by atoms with Crippen molar-refractivity contribution in [2.24, 2.45) is 5.73 Å². The van der Waals surface area contributed by atoms with Crippen molar-refractivity contribution in [1.29, 1.82) is 5.41 Å². The maximum absolute atomic E-state index is 12.1. The number of nitrogens with one attached hydrogen (secondary N) is 1. The number of thioether (sulfide) groups is 1. The molecule has 7 heteroatoms. The number of benzene rings is 1. The van der Waals surface area contributed by atoms with Crippen LogP contribution in [0.4, 0.5) is 0 Å². The van der Waals surface area contributed by atoms with E-state index >= 15 is 0 Å². The van der Waals surface area contributed by atoms with Crippen molar-refractivity contribution in [3.8, 4) is 0 Å². The number of nitrogens with two attached hydrogens (primary N) is 1. The zero-order valence-electron chi connectivity index (χ0n) is 12.0. The van der Waals surface area contributed by atoms with Crippen LogP contribution in [0.1, 0.15) is 18.0 Å². The second-order valence-electron chi connectivity index (χ2n) is 5.25. The normalized spacial score (nSPS) is 21.9. The maximum Gasteiger partial charge on any atom is 0.164 e. The zero-order valence-corrected chi connectivity index (χ0v) is 13.7. The van der Waals surface area contributed by atoms with Gasteiger partial charge in [0.25, 0.3) is 0 Å². The topological polar surface area (TPSA) is 87.2 Å². The van der Waals surface area contributed by atoms with Gasteiger partial charge in [-0.15, -0.1) is 0 Å². The van der Waals surface area contributed by atoms with E-state index in [0.29, 0.717) is 18.7 Å². The molecule has 3 N–H and O–H groups in total. The summed E-state index contributed by atoms with van der Waals surface area (Å²) in [4.78, 5) is 1.99. The molecule has 1 aliphatic rings. The summed E-state index contributed by atoms with van der Waals surface area (Å²) in [6, 6.07) is 9.55. The predicted molar refractivity (Wildman–Crippen MR) is 88.4 cm³/mol. The van der Waals surface area contributed by atoms with Crippen molar-refractivity contribution in [3.05, 3.63) is 35.9 Å². The Hall–Kier alpha value is -1.05. The van der Waals surface area contributed by atoms with Crippen LogP contribution in [-0.2, 0) is 9.84 Å². The van der Waals surface area contributed by atoms with E-state index in [0.717, 1.165) is 11.3 Å². The summed E-state index contributed by atoms with van der Waals surface area (Å²) >= 11 is 1.66. The average molecular weight is 327 g/mol. The van der Waals surface area contributed by atoms with Crippen LogP contribution in [0.15, 0.2) is 30.3 Å². The van der Waals surface area contributed by atoms with Crippen LogP contribution in [0.2, 0.25) is 0 Å². The molecule has 21 heavy (non-hydrogen) atoms. The van der Waals surface area contributed by atoms with E-state index in [1.165, 1.54) is 6.26 Å². The largest absolute Gasteiger partial charge is 0.388 e. The van der Waals surface area contributed by atoms with Gasteiger partial charge in [-0.2, -0.15) is 11.8 Å². The fourth-order valence-electron chi connectivity index (χ4n) is 2.63. The summed E-state index contributed by atoms with van der Waals surface area (Å²) < 4.78 is 24.2. The van der Waals surface area contributed by atoms with Gasteiger partial charge in [0, 0.05) is 36.8 Å². The summed E-state index contributed by atoms with van der Waals surface area (Å²) in [5, 5.41) is 7.10. The Kier molecular flexibility index (Phi) is 5.29. The van der Waals surface area contributed by atoms with E-state index in [9.17, 15) is 8.42 Å². The van der Waals surface area contributed by atoms with Crippen molar-refractivity contribution >= 4 is 27.4 Å². The van der Waals surface area contributed by atoms with Gasteiger partial charge in [-0.05, 0) is 5.56 Å². The van der Waals surface area contributed by atoms with Gasteiger partial charge in [-0.1, -0.05) is 30.3 Å². The molecule has 5 nitrogen and oxygen atoms in total. The van der Waals surface area contributed by atoms with Crippen LogP contribution in [0.5, 0.6) is 0 Å². The highest BCUT2D eigenvalue weighted by Crippen LogP contribution is 2.32. The molecule has 2 rings (SSSR count). The molecule has 1 fully saturated rings. The second kappa shape index (κ2) is 6.81. The van der Waals surface area contributed by atoms with Gasteiger partial charge in [0.1, 0.15) is 5.37 Å². The van der Waals surface area contributed by atoms with Crippen LogP contribution < -0.4 is 5.73 Å². The number of rotatable bonds is 5. The fraction of sp³-hybridized carbons (Fsp3) is 0.500. The lowest BCUT2D eigenvalue weighted by Gasteiger charge is -2.40. The molecule has 1 heterocycles. The highest BCUT2D eigenvalue weighted by atomic mass is 32.2. The van der Waals surface area contributed by atoms with Gasteiger partial charge in [0.15, 0.2) is 9.84 Å². The quantitative estimate of drug-likeness (QED) is 0.632. The fourth-order valence-corrected chi connectivity index (χ4v) is 5.55. The summed E-state index contributed by atoms with van der Waals surface area (Å²) in [5.74, 6) is 1.54. The van der Waals surface area contributed by atoms with E-state index in [2.05, 4.69) is 0 Å². The smallest absolute Gasteiger partial charge is 0.164 e. The van der Waals surface area contributed by atoms with Gasteiger partial charge >= 0.3 is 0 Å². The molecular weight excluding hydrogens is 306 g/mol. The molecule has 0 bridgehead atoms. The molecule has 0 saturated carbocycles. The van der Waals surface area contributed by atoms with Crippen molar-refractivity contribution in [2.45, 2.75) is 17.8 Å². The first-order chi connectivity index (χ1) is 9.89. The van der Waals surface area contributed by atoms with Crippen molar-refractivity contribution in [2.75, 3.05) is 24.3 Å². The zero-order chi connectivity index (χ0) is 15.5. The molecule has 0 aliphatic carbocycles. The first-order valence-electron chi connectivity index (χ1n) is 6.80. The molecule has 1 aromatic rings. The third-order valence-corrected chi connectivity index (χ3v) is 6.28. The van der Waals surface area contributed by atoms with E-state index < -0.39 is 15.2 Å². The molecule has 0 radical (unpaired) electrons. The van der Waals surface area contributed by atoms with Crippen LogP contribution in [0.3, 0.4) is 0 Å². The van der Waals surface area contributed by atoms with E-state index in [4.69, 9.17) is 11.1 Å². The number of amidine groups is 1. The molecule has 2 atom stereocenters. The Labute approximate surface area is 130 Å². The minimum absolute atomic E-state index is 0.0781. The van der Waals surface area contributed by atoms with Gasteiger partial charge < -0.3 is 5.73 Å². The van der Waals surface area contributed by atoms with Crippen LogP contribution >= 0.6 is 11.8 Å². The third-order valence-electron chi connectivity index (χ3n) is 3.62. The van der Waals surface area contributed by atoms with E-state index in [1.807, 2.05) is 35.2 Å². The van der Waals surface area contributed by atoms with Gasteiger partial charge in [0.05, 0.1) is 5.84 Å². The summed E-state index contributed by atoms with van der Waals surface area (Å²) in [6.07, 6.45) is 1.63. The number of sulfone groups is 1. The van der Waals surface area contributed by atoms with Gasteiger partial charge in [-0.25, -0.2) is 8.42 Å². The van der Waals surface area contributed by atoms with Crippen molar-refractivity contribution in [1.82, 2.24) is 4.90 Å². The molecule has 1 aliphatic heterocycles. The summed E-state index contributed by atoms with van der Waals surface area (Å²) in [6.45, 7) is 0.690. The molecule has 0 aromatic heterocycles. The van der Waals surface area contributed by atoms with Crippen LogP contribution in [0.25, 0.3) is 0 Å². The monoisotopic (exact) mass is 327 g/mol. The van der Waals surface area contributed by atoms with Crippen LogP contribution in [-0.4, -0.2) is 48.8 Å². The Morgan fingerprint density at radius 1 is 1.48 bits per heavy atom. The lowest BCUT2D eigenvalue weighted by molar-refractivity contribution is 0.197. The minimum atomic E-state index is -3.17. The average Bonchev–Trinajstić information content (AvgIpc) is 2.44. The Morgan fingerprint density at radius 3 is 2.71 bits per heavy atom. The van der Waals surface area contributed by atoms with E-state index in [-0.39, 0.29) is 11.9 Å². The maximum atomic E-state index is 12.1. The lowest BCUT2D eigenvalue weighted by Crippen LogP contribution is -2.49. The van der Waals surface area contributed by atoms with Gasteiger partial charge in [0.2, 0.25) is 0 Å². The molecule has 1 saturated heterocycles.